The molecule has 2 heterocycles. The van der Waals surface area contributed by atoms with Crippen LogP contribution >= 0.6 is 11.8 Å². The predicted molar refractivity (Wildman–Crippen MR) is 118 cm³/mol. The number of hydrogen-bond donors (Lipinski definition) is 2. The van der Waals surface area contributed by atoms with E-state index < -0.39 is 10.0 Å². The molecule has 0 saturated carbocycles. The number of nitrogens with zero attached hydrogens (tertiary/aromatic N) is 6. The van der Waals surface area contributed by atoms with Crippen molar-refractivity contribution in [3.05, 3.63) is 23.8 Å². The first-order valence-electron chi connectivity index (χ1n) is 9.39. The Bertz CT molecular complexity index is 966. The molecule has 1 unspecified atom stereocenters. The first-order valence-corrected chi connectivity index (χ1v) is 12.2. The average molecular weight is 454 g/mol. The fourth-order valence-electron chi connectivity index (χ4n) is 2.47. The van der Waals surface area contributed by atoms with Crippen LogP contribution in [0.2, 0.25) is 0 Å². The normalized spacial score (nSPS) is 14.2. The smallest absolute Gasteiger partial charge is 0.254 e. The Morgan fingerprint density at radius 1 is 1.20 bits per heavy atom. The van der Waals surface area contributed by atoms with Gasteiger partial charge in [0, 0.05) is 35.3 Å². The second-order valence-electron chi connectivity index (χ2n) is 7.29. The molecule has 0 aliphatic rings. The van der Waals surface area contributed by atoms with E-state index in [4.69, 9.17) is 0 Å². The second-order valence-corrected chi connectivity index (χ2v) is 10.3. The summed E-state index contributed by atoms with van der Waals surface area (Å²) in [5.74, 6) is 0.866. The van der Waals surface area contributed by atoms with Crippen molar-refractivity contribution in [3.8, 4) is 0 Å². The van der Waals surface area contributed by atoms with Crippen molar-refractivity contribution >= 4 is 39.9 Å². The maximum atomic E-state index is 11.6. The van der Waals surface area contributed by atoms with Gasteiger partial charge in [-0.1, -0.05) is 25.6 Å². The molecule has 30 heavy (non-hydrogen) atoms. The molecule has 0 spiro atoms. The van der Waals surface area contributed by atoms with Crippen molar-refractivity contribution < 1.29 is 13.5 Å². The topological polar surface area (TPSA) is 143 Å². The van der Waals surface area contributed by atoms with Gasteiger partial charge in [0.05, 0.1) is 12.9 Å². The molecule has 0 saturated heterocycles. The van der Waals surface area contributed by atoms with Gasteiger partial charge in [-0.25, -0.2) is 23.4 Å². The number of rotatable bonds is 10. The first kappa shape index (κ1) is 24.1. The predicted octanol–water partition coefficient (Wildman–Crippen LogP) is 2.55. The Morgan fingerprint density at radius 3 is 2.43 bits per heavy atom. The van der Waals surface area contributed by atoms with Crippen LogP contribution in [0.4, 0.5) is 11.9 Å². The van der Waals surface area contributed by atoms with Crippen molar-refractivity contribution in [2.24, 2.45) is 16.8 Å². The minimum Gasteiger partial charge on any atom is -0.396 e. The molecule has 0 amide bonds. The Hall–Kier alpha value is -2.18. The maximum Gasteiger partial charge on any atom is 0.254 e. The highest BCUT2D eigenvalue weighted by molar-refractivity contribution is 7.99. The van der Waals surface area contributed by atoms with Gasteiger partial charge in [-0.2, -0.15) is 15.0 Å². The number of aromatic nitrogens is 5. The van der Waals surface area contributed by atoms with Crippen LogP contribution in [0, 0.1) is 18.8 Å². The summed E-state index contributed by atoms with van der Waals surface area (Å²) < 4.78 is 25.5. The van der Waals surface area contributed by atoms with Gasteiger partial charge in [0.15, 0.2) is 5.16 Å². The van der Waals surface area contributed by atoms with E-state index in [1.807, 2.05) is 6.92 Å². The van der Waals surface area contributed by atoms with E-state index >= 15 is 0 Å². The molecule has 164 valence electrons. The molecule has 0 aromatic carbocycles. The number of aliphatic imine (C=N–C) groups is 1. The molecule has 2 atom stereocenters. The molecule has 0 fully saturated rings. The third kappa shape index (κ3) is 8.28. The van der Waals surface area contributed by atoms with E-state index in [2.05, 4.69) is 48.5 Å². The third-order valence-corrected chi connectivity index (χ3v) is 5.41. The molecule has 12 heteroatoms. The summed E-state index contributed by atoms with van der Waals surface area (Å²) in [5, 5.41) is 9.75. The highest BCUT2D eigenvalue weighted by Gasteiger charge is 2.15. The molecule has 2 aromatic heterocycles. The molecule has 2 rings (SSSR count). The van der Waals surface area contributed by atoms with Crippen molar-refractivity contribution in [3.63, 3.8) is 0 Å². The van der Waals surface area contributed by atoms with Gasteiger partial charge >= 0.3 is 0 Å². The van der Waals surface area contributed by atoms with Crippen LogP contribution in [0.25, 0.3) is 0 Å². The van der Waals surface area contributed by atoms with Gasteiger partial charge in [0.2, 0.25) is 16.0 Å². The van der Waals surface area contributed by atoms with Crippen molar-refractivity contribution in [1.29, 1.82) is 0 Å². The first-order chi connectivity index (χ1) is 14.1. The number of sulfonamides is 1. The van der Waals surface area contributed by atoms with Gasteiger partial charge in [0.1, 0.15) is 5.82 Å². The zero-order valence-electron chi connectivity index (χ0n) is 17.6. The van der Waals surface area contributed by atoms with E-state index in [0.29, 0.717) is 16.9 Å². The summed E-state index contributed by atoms with van der Waals surface area (Å²) in [6, 6.07) is 0. The number of aliphatic hydroxyl groups excluding tert-OH is 1. The highest BCUT2D eigenvalue weighted by atomic mass is 32.2. The van der Waals surface area contributed by atoms with Crippen molar-refractivity contribution in [1.82, 2.24) is 24.9 Å². The van der Waals surface area contributed by atoms with E-state index in [-0.39, 0.29) is 29.7 Å². The molecule has 0 bridgehead atoms. The molecule has 10 nitrogen and oxygen atoms in total. The van der Waals surface area contributed by atoms with Gasteiger partial charge in [-0.3, -0.25) is 4.72 Å². The third-order valence-electron chi connectivity index (χ3n) is 3.84. The highest BCUT2D eigenvalue weighted by Crippen LogP contribution is 2.33. The minimum atomic E-state index is -3.57. The van der Waals surface area contributed by atoms with Crippen LogP contribution in [0.15, 0.2) is 22.5 Å². The molecule has 2 N–H and O–H groups in total. The molecular weight excluding hydrogens is 426 g/mol. The zero-order valence-corrected chi connectivity index (χ0v) is 19.3. The van der Waals surface area contributed by atoms with Gasteiger partial charge in [0.25, 0.3) is 5.95 Å². The summed E-state index contributed by atoms with van der Waals surface area (Å²) in [5.41, 5.74) is 0.881. The quantitative estimate of drug-likeness (QED) is 0.409. The Morgan fingerprint density at radius 2 is 1.87 bits per heavy atom. The lowest BCUT2D eigenvalue weighted by molar-refractivity contribution is 0.247. The zero-order chi connectivity index (χ0) is 22.3. The molecule has 0 aliphatic carbocycles. The second kappa shape index (κ2) is 10.7. The molecule has 2 aromatic rings. The number of anilines is 1. The number of hydrogen-bond acceptors (Lipinski definition) is 10. The van der Waals surface area contributed by atoms with E-state index in [9.17, 15) is 13.5 Å². The molecule has 0 radical (unpaired) electrons. The van der Waals surface area contributed by atoms with Crippen LogP contribution in [0.3, 0.4) is 0 Å². The van der Waals surface area contributed by atoms with Crippen LogP contribution in [-0.2, 0) is 10.0 Å². The lowest BCUT2D eigenvalue weighted by Gasteiger charge is -2.12. The summed E-state index contributed by atoms with van der Waals surface area (Å²) in [4.78, 5) is 25.2. The lowest BCUT2D eigenvalue weighted by Crippen LogP contribution is -2.13. The fourth-order valence-corrected chi connectivity index (χ4v) is 3.74. The summed E-state index contributed by atoms with van der Waals surface area (Å²) >= 11 is 1.31. The molecular formula is C18H27N7O3S2. The standard InChI is InChI=1S/C18H27N7O3S2/c1-11(2)6-14(10-26)7-21-16-22-17(25-30(5,27)28)24-18(23-16)29-12(3)15-8-19-13(4)20-9-15/h7-9,11-12,14,26H,6,10H2,1-5H3,(H,22,23,24,25)/b21-7+/t12-,14?/m1/s1. The van der Waals surface area contributed by atoms with Gasteiger partial charge in [-0.15, -0.1) is 0 Å². The van der Waals surface area contributed by atoms with Crippen molar-refractivity contribution in [2.45, 2.75) is 44.5 Å². The van der Waals surface area contributed by atoms with Crippen LogP contribution in [0.5, 0.6) is 0 Å². The summed E-state index contributed by atoms with van der Waals surface area (Å²) in [6.07, 6.45) is 6.82. The largest absolute Gasteiger partial charge is 0.396 e. The monoisotopic (exact) mass is 453 g/mol. The van der Waals surface area contributed by atoms with Gasteiger partial charge < -0.3 is 5.11 Å². The average Bonchev–Trinajstić information content (AvgIpc) is 2.63. The fraction of sp³-hybridized carbons (Fsp3) is 0.556. The van der Waals surface area contributed by atoms with Crippen LogP contribution in [0.1, 0.15) is 43.8 Å². The minimum absolute atomic E-state index is 0.0483. The SMILES string of the molecule is Cc1ncc([C@@H](C)Sc2nc(/N=C/C(CO)CC(C)C)nc(NS(C)(=O)=O)n2)cn1. The van der Waals surface area contributed by atoms with E-state index in [0.717, 1.165) is 18.2 Å². The van der Waals surface area contributed by atoms with Crippen LogP contribution in [-0.4, -0.2) is 57.5 Å². The van der Waals surface area contributed by atoms with E-state index in [1.165, 1.54) is 11.8 Å². The Labute approximate surface area is 181 Å². The lowest BCUT2D eigenvalue weighted by atomic mass is 9.99. The molecule has 0 aliphatic heterocycles. The Kier molecular flexibility index (Phi) is 8.62. The number of aliphatic hydroxyl groups is 1. The summed E-state index contributed by atoms with van der Waals surface area (Å²) in [7, 11) is -3.57. The number of nitrogens with one attached hydrogen (secondary N) is 1. The van der Waals surface area contributed by atoms with Gasteiger partial charge in [-0.05, 0) is 26.2 Å². The number of thioether (sulfide) groups is 1. The summed E-state index contributed by atoms with van der Waals surface area (Å²) in [6.45, 7) is 7.81. The van der Waals surface area contributed by atoms with E-state index in [1.54, 1.807) is 25.5 Å². The maximum absolute atomic E-state index is 11.6. The number of aryl methyl sites for hydroxylation is 1. The van der Waals surface area contributed by atoms with Crippen molar-refractivity contribution in [2.75, 3.05) is 17.6 Å². The Balaban J connectivity index is 2.30. The van der Waals surface area contributed by atoms with Crippen LogP contribution < -0.4 is 4.72 Å².